The van der Waals surface area contributed by atoms with Gasteiger partial charge in [0.05, 0.1) is 11.8 Å². The molecule has 0 bridgehead atoms. The number of hydrogen-bond acceptors (Lipinski definition) is 4. The van der Waals surface area contributed by atoms with Gasteiger partial charge in [0.25, 0.3) is 5.91 Å². The summed E-state index contributed by atoms with van der Waals surface area (Å²) in [5.41, 5.74) is 0. The van der Waals surface area contributed by atoms with Crippen LogP contribution in [0.4, 0.5) is 0 Å². The molecule has 1 amide bonds. The first kappa shape index (κ1) is 11.4. The lowest BCUT2D eigenvalue weighted by molar-refractivity contribution is 0.0918. The van der Waals surface area contributed by atoms with E-state index in [2.05, 4.69) is 21.2 Å². The van der Waals surface area contributed by atoms with Crippen molar-refractivity contribution in [2.45, 2.75) is 6.04 Å². The van der Waals surface area contributed by atoms with Crippen molar-refractivity contribution in [2.24, 2.45) is 0 Å². The second-order valence-corrected chi connectivity index (χ2v) is 6.05. The Labute approximate surface area is 101 Å². The van der Waals surface area contributed by atoms with Crippen LogP contribution < -0.4 is 5.32 Å². The zero-order chi connectivity index (χ0) is 11.8. The van der Waals surface area contributed by atoms with Crippen LogP contribution in [0.25, 0.3) is 0 Å². The van der Waals surface area contributed by atoms with Gasteiger partial charge in [-0.1, -0.05) is 0 Å². The summed E-state index contributed by atoms with van der Waals surface area (Å²) in [4.78, 5) is 11.6. The summed E-state index contributed by atoms with van der Waals surface area (Å²) < 4.78 is 27.7. The van der Waals surface area contributed by atoms with E-state index in [1.807, 2.05) is 0 Å². The van der Waals surface area contributed by atoms with Gasteiger partial charge in [-0.25, -0.2) is 8.42 Å². The van der Waals surface area contributed by atoms with Gasteiger partial charge in [-0.15, -0.1) is 0 Å². The molecular formula is C9H8BrNO4S. The Bertz CT molecular complexity index is 546. The normalized spacial score (nSPS) is 22.2. The Balaban J connectivity index is 2.02. The van der Waals surface area contributed by atoms with Crippen LogP contribution in [-0.4, -0.2) is 26.1 Å². The van der Waals surface area contributed by atoms with Gasteiger partial charge < -0.3 is 9.73 Å². The number of sulfone groups is 1. The molecule has 2 heterocycles. The Hall–Kier alpha value is -1.08. The van der Waals surface area contributed by atoms with Crippen molar-refractivity contribution in [2.75, 3.05) is 5.75 Å². The molecule has 1 atom stereocenters. The Kier molecular flexibility index (Phi) is 2.90. The van der Waals surface area contributed by atoms with Crippen LogP contribution in [-0.2, 0) is 9.84 Å². The average molecular weight is 306 g/mol. The number of amides is 1. The molecule has 1 aromatic rings. The molecule has 1 aromatic heterocycles. The van der Waals surface area contributed by atoms with Crippen molar-refractivity contribution in [3.05, 3.63) is 34.0 Å². The lowest BCUT2D eigenvalue weighted by Gasteiger charge is -2.07. The first-order valence-corrected chi connectivity index (χ1v) is 6.94. The third-order valence-corrected chi connectivity index (χ3v) is 3.87. The third-order valence-electron chi connectivity index (χ3n) is 2.04. The summed E-state index contributed by atoms with van der Waals surface area (Å²) >= 11 is 3.07. The molecule has 5 nitrogen and oxygen atoms in total. The van der Waals surface area contributed by atoms with E-state index in [1.165, 1.54) is 12.1 Å². The first-order valence-electron chi connectivity index (χ1n) is 4.43. The number of carbonyl (C=O) groups is 1. The fraction of sp³-hybridized carbons (Fsp3) is 0.222. The molecule has 0 spiro atoms. The number of halogens is 1. The lowest BCUT2D eigenvalue weighted by Crippen LogP contribution is -2.35. The number of furan rings is 1. The topological polar surface area (TPSA) is 76.4 Å². The van der Waals surface area contributed by atoms with Crippen LogP contribution >= 0.6 is 15.9 Å². The highest BCUT2D eigenvalue weighted by atomic mass is 79.9. The van der Waals surface area contributed by atoms with Crippen LogP contribution in [0.3, 0.4) is 0 Å². The molecule has 1 N–H and O–H groups in total. The molecule has 1 aliphatic rings. The largest absolute Gasteiger partial charge is 0.444 e. The zero-order valence-corrected chi connectivity index (χ0v) is 10.4. The smallest absolute Gasteiger partial charge is 0.287 e. The van der Waals surface area contributed by atoms with Crippen LogP contribution in [0.1, 0.15) is 10.6 Å². The van der Waals surface area contributed by atoms with Gasteiger partial charge in [0.1, 0.15) is 0 Å². The second kappa shape index (κ2) is 4.06. The van der Waals surface area contributed by atoms with E-state index in [1.54, 1.807) is 6.07 Å². The Morgan fingerprint density at radius 1 is 1.50 bits per heavy atom. The highest BCUT2D eigenvalue weighted by molar-refractivity contribution is 9.10. The molecule has 86 valence electrons. The van der Waals surface area contributed by atoms with E-state index < -0.39 is 21.8 Å². The molecule has 0 saturated heterocycles. The van der Waals surface area contributed by atoms with Crippen molar-refractivity contribution < 1.29 is 17.6 Å². The van der Waals surface area contributed by atoms with Gasteiger partial charge >= 0.3 is 0 Å². The molecule has 2 rings (SSSR count). The van der Waals surface area contributed by atoms with Crippen LogP contribution in [0.5, 0.6) is 0 Å². The summed E-state index contributed by atoms with van der Waals surface area (Å²) in [6.07, 6.45) is 1.45. The molecule has 0 saturated carbocycles. The Morgan fingerprint density at radius 3 is 2.75 bits per heavy atom. The van der Waals surface area contributed by atoms with E-state index >= 15 is 0 Å². The van der Waals surface area contributed by atoms with E-state index in [0.717, 1.165) is 5.41 Å². The number of hydrogen-bond donors (Lipinski definition) is 1. The SMILES string of the molecule is O=C(NC1C=CS(=O)(=O)C1)c1ccc(Br)o1. The molecule has 0 radical (unpaired) electrons. The molecule has 0 aliphatic carbocycles. The molecule has 0 aromatic carbocycles. The second-order valence-electron chi connectivity index (χ2n) is 3.34. The van der Waals surface area contributed by atoms with Crippen LogP contribution in [0.2, 0.25) is 0 Å². The predicted molar refractivity (Wildman–Crippen MR) is 60.6 cm³/mol. The summed E-state index contributed by atoms with van der Waals surface area (Å²) in [6, 6.07) is 2.62. The molecule has 16 heavy (non-hydrogen) atoms. The summed E-state index contributed by atoms with van der Waals surface area (Å²) in [6.45, 7) is 0. The monoisotopic (exact) mass is 305 g/mol. The number of carbonyl (C=O) groups excluding carboxylic acids is 1. The lowest BCUT2D eigenvalue weighted by atomic mass is 10.3. The summed E-state index contributed by atoms with van der Waals surface area (Å²) in [7, 11) is -3.15. The zero-order valence-electron chi connectivity index (χ0n) is 8.01. The quantitative estimate of drug-likeness (QED) is 0.887. The van der Waals surface area contributed by atoms with E-state index in [-0.39, 0.29) is 11.5 Å². The van der Waals surface area contributed by atoms with Gasteiger partial charge in [-0.3, -0.25) is 4.79 Å². The minimum atomic E-state index is -3.15. The molecule has 1 unspecified atom stereocenters. The van der Waals surface area contributed by atoms with Crippen LogP contribution in [0.15, 0.2) is 32.7 Å². The minimum absolute atomic E-state index is 0.0966. The minimum Gasteiger partial charge on any atom is -0.444 e. The maximum atomic E-state index is 11.6. The Morgan fingerprint density at radius 2 is 2.25 bits per heavy atom. The average Bonchev–Trinajstić information content (AvgIpc) is 2.73. The first-order chi connectivity index (χ1) is 7.46. The van der Waals surface area contributed by atoms with E-state index in [4.69, 9.17) is 4.42 Å². The maximum Gasteiger partial charge on any atom is 0.287 e. The summed E-state index contributed by atoms with van der Waals surface area (Å²) in [5, 5.41) is 3.65. The van der Waals surface area contributed by atoms with Crippen molar-refractivity contribution >= 4 is 31.7 Å². The fourth-order valence-corrected chi connectivity index (χ4v) is 2.88. The number of nitrogens with one attached hydrogen (secondary N) is 1. The van der Waals surface area contributed by atoms with Gasteiger partial charge in [-0.2, -0.15) is 0 Å². The van der Waals surface area contributed by atoms with Gasteiger partial charge in [0.15, 0.2) is 20.3 Å². The maximum absolute atomic E-state index is 11.6. The fourth-order valence-electron chi connectivity index (χ4n) is 1.34. The predicted octanol–water partition coefficient (Wildman–Crippen LogP) is 1.08. The molecule has 1 aliphatic heterocycles. The molecular weight excluding hydrogens is 298 g/mol. The summed E-state index contributed by atoms with van der Waals surface area (Å²) in [5.74, 6) is -0.386. The molecule has 0 fully saturated rings. The van der Waals surface area contributed by atoms with Crippen molar-refractivity contribution in [3.63, 3.8) is 0 Å². The highest BCUT2D eigenvalue weighted by Gasteiger charge is 2.24. The molecule has 7 heteroatoms. The van der Waals surface area contributed by atoms with Gasteiger partial charge in [0.2, 0.25) is 0 Å². The third kappa shape index (κ3) is 2.53. The van der Waals surface area contributed by atoms with Crippen LogP contribution in [0, 0.1) is 0 Å². The highest BCUT2D eigenvalue weighted by Crippen LogP contribution is 2.15. The van der Waals surface area contributed by atoms with Crippen molar-refractivity contribution in [1.82, 2.24) is 5.32 Å². The van der Waals surface area contributed by atoms with Crippen molar-refractivity contribution in [3.8, 4) is 0 Å². The van der Waals surface area contributed by atoms with Gasteiger partial charge in [-0.05, 0) is 34.1 Å². The van der Waals surface area contributed by atoms with E-state index in [0.29, 0.717) is 4.67 Å². The van der Waals surface area contributed by atoms with E-state index in [9.17, 15) is 13.2 Å². The van der Waals surface area contributed by atoms with Gasteiger partial charge in [0, 0.05) is 5.41 Å². The standard InChI is InChI=1S/C9H8BrNO4S/c10-8-2-1-7(15-8)9(12)11-6-3-4-16(13,14)5-6/h1-4,6H,5H2,(H,11,12). The van der Waals surface area contributed by atoms with Crippen molar-refractivity contribution in [1.29, 1.82) is 0 Å². The number of rotatable bonds is 2.